The molecule has 0 bridgehead atoms. The van der Waals surface area contributed by atoms with Gasteiger partial charge in [-0.2, -0.15) is 10.1 Å². The molecule has 2 rings (SSSR count). The summed E-state index contributed by atoms with van der Waals surface area (Å²) in [6, 6.07) is 0.492. The second kappa shape index (κ2) is 4.31. The van der Waals surface area contributed by atoms with Crippen LogP contribution >= 0.6 is 11.6 Å². The lowest BCUT2D eigenvalue weighted by atomic mass is 9.92. The average molecular weight is 227 g/mol. The number of hydrogen-bond acceptors (Lipinski definition) is 4. The number of aromatic nitrogens is 3. The quantitative estimate of drug-likeness (QED) is 0.736. The Morgan fingerprint density at radius 3 is 3.00 bits per heavy atom. The molecule has 1 fully saturated rings. The van der Waals surface area contributed by atoms with Crippen LogP contribution in [0.2, 0.25) is 5.28 Å². The average Bonchev–Trinajstić information content (AvgIpc) is 2.22. The molecule has 0 spiro atoms. The Morgan fingerprint density at radius 2 is 2.27 bits per heavy atom. The first-order valence-electron chi connectivity index (χ1n) is 5.30. The summed E-state index contributed by atoms with van der Waals surface area (Å²) in [6.07, 6.45) is 4.16. The lowest BCUT2D eigenvalue weighted by molar-refractivity contribution is 0.361. The van der Waals surface area contributed by atoms with Gasteiger partial charge in [-0.1, -0.05) is 6.92 Å². The Labute approximate surface area is 94.7 Å². The summed E-state index contributed by atoms with van der Waals surface area (Å²) in [5, 5.41) is 7.71. The third-order valence-corrected chi connectivity index (χ3v) is 3.35. The van der Waals surface area contributed by atoms with E-state index in [1.54, 1.807) is 6.20 Å². The van der Waals surface area contributed by atoms with E-state index in [9.17, 15) is 0 Å². The van der Waals surface area contributed by atoms with Gasteiger partial charge in [0, 0.05) is 12.6 Å². The summed E-state index contributed by atoms with van der Waals surface area (Å²) in [5.41, 5.74) is 0. The molecule has 0 aliphatic carbocycles. The molecule has 0 aromatic carbocycles. The molecule has 2 atom stereocenters. The molecule has 1 saturated heterocycles. The maximum Gasteiger partial charge on any atom is 0.244 e. The van der Waals surface area contributed by atoms with Crippen LogP contribution in [-0.2, 0) is 0 Å². The molecule has 0 amide bonds. The predicted octanol–water partition coefficient (Wildman–Crippen LogP) is 2.15. The summed E-state index contributed by atoms with van der Waals surface area (Å²) >= 11 is 5.74. The molecule has 4 nitrogen and oxygen atoms in total. The summed E-state index contributed by atoms with van der Waals surface area (Å²) in [5.74, 6) is 1.53. The van der Waals surface area contributed by atoms with Crippen molar-refractivity contribution >= 4 is 17.4 Å². The van der Waals surface area contributed by atoms with E-state index < -0.39 is 0 Å². The van der Waals surface area contributed by atoms with Gasteiger partial charge in [-0.3, -0.25) is 0 Å². The Kier molecular flexibility index (Phi) is 3.05. The van der Waals surface area contributed by atoms with Gasteiger partial charge in [0.15, 0.2) is 5.82 Å². The Balaban J connectivity index is 2.22. The van der Waals surface area contributed by atoms with Gasteiger partial charge in [-0.05, 0) is 37.3 Å². The van der Waals surface area contributed by atoms with E-state index in [0.29, 0.717) is 12.0 Å². The van der Waals surface area contributed by atoms with E-state index in [1.807, 2.05) is 0 Å². The van der Waals surface area contributed by atoms with E-state index in [-0.39, 0.29) is 5.28 Å². The van der Waals surface area contributed by atoms with Crippen molar-refractivity contribution in [3.8, 4) is 0 Å². The predicted molar refractivity (Wildman–Crippen MR) is 60.0 cm³/mol. The molecule has 1 aliphatic heterocycles. The fraction of sp³-hybridized carbons (Fsp3) is 0.700. The Morgan fingerprint density at radius 1 is 1.47 bits per heavy atom. The first-order valence-corrected chi connectivity index (χ1v) is 5.68. The lowest BCUT2D eigenvalue weighted by Gasteiger charge is -2.38. The molecular weight excluding hydrogens is 212 g/mol. The highest BCUT2D eigenvalue weighted by molar-refractivity contribution is 6.28. The highest BCUT2D eigenvalue weighted by Gasteiger charge is 2.25. The van der Waals surface area contributed by atoms with Crippen LogP contribution in [0.1, 0.15) is 26.7 Å². The molecule has 1 aliphatic rings. The van der Waals surface area contributed by atoms with Crippen LogP contribution in [-0.4, -0.2) is 27.8 Å². The standard InChI is InChI=1S/C10H15ClN4/c1-7-4-3-5-15(8(7)2)9-6-12-14-10(11)13-9/h6-8H,3-5H2,1-2H3. The Bertz CT molecular complexity index is 344. The molecule has 0 N–H and O–H groups in total. The van der Waals surface area contributed by atoms with Crippen LogP contribution in [0.25, 0.3) is 0 Å². The fourth-order valence-electron chi connectivity index (χ4n) is 2.07. The highest BCUT2D eigenvalue weighted by Crippen LogP contribution is 2.26. The second-order valence-corrected chi connectivity index (χ2v) is 4.48. The zero-order valence-electron chi connectivity index (χ0n) is 9.02. The van der Waals surface area contributed by atoms with Gasteiger partial charge in [-0.15, -0.1) is 5.10 Å². The van der Waals surface area contributed by atoms with Crippen molar-refractivity contribution in [3.05, 3.63) is 11.5 Å². The van der Waals surface area contributed by atoms with Crippen molar-refractivity contribution in [3.63, 3.8) is 0 Å². The second-order valence-electron chi connectivity index (χ2n) is 4.14. The maximum atomic E-state index is 5.74. The summed E-state index contributed by atoms with van der Waals surface area (Å²) in [6.45, 7) is 5.52. The maximum absolute atomic E-state index is 5.74. The number of piperidine rings is 1. The molecule has 1 aromatic heterocycles. The molecule has 0 saturated carbocycles. The summed E-state index contributed by atoms with van der Waals surface area (Å²) < 4.78 is 0. The van der Waals surface area contributed by atoms with Crippen LogP contribution in [0.5, 0.6) is 0 Å². The largest absolute Gasteiger partial charge is 0.352 e. The zero-order chi connectivity index (χ0) is 10.8. The SMILES string of the molecule is CC1CCCN(c2cnnc(Cl)n2)C1C. The van der Waals surface area contributed by atoms with Gasteiger partial charge < -0.3 is 4.90 Å². The van der Waals surface area contributed by atoms with Crippen LogP contribution in [0, 0.1) is 5.92 Å². The monoisotopic (exact) mass is 226 g/mol. The van der Waals surface area contributed by atoms with E-state index in [4.69, 9.17) is 11.6 Å². The Hall–Kier alpha value is -0.900. The molecule has 2 heterocycles. The van der Waals surface area contributed by atoms with Gasteiger partial charge in [0.2, 0.25) is 5.28 Å². The van der Waals surface area contributed by atoms with Crippen molar-refractivity contribution in [1.29, 1.82) is 0 Å². The number of nitrogens with zero attached hydrogens (tertiary/aromatic N) is 4. The summed E-state index contributed by atoms with van der Waals surface area (Å²) in [4.78, 5) is 6.46. The minimum Gasteiger partial charge on any atom is -0.352 e. The van der Waals surface area contributed by atoms with Gasteiger partial charge in [0.25, 0.3) is 0 Å². The van der Waals surface area contributed by atoms with Gasteiger partial charge in [0.1, 0.15) is 0 Å². The van der Waals surface area contributed by atoms with Gasteiger partial charge in [-0.25, -0.2) is 0 Å². The first-order chi connectivity index (χ1) is 7.18. The normalized spacial score (nSPS) is 26.7. The number of hydrogen-bond donors (Lipinski definition) is 0. The van der Waals surface area contributed by atoms with Crippen molar-refractivity contribution in [2.24, 2.45) is 5.92 Å². The number of anilines is 1. The van der Waals surface area contributed by atoms with Crippen molar-refractivity contribution < 1.29 is 0 Å². The third kappa shape index (κ3) is 2.20. The number of halogens is 1. The van der Waals surface area contributed by atoms with Crippen LogP contribution in [0.3, 0.4) is 0 Å². The molecular formula is C10H15ClN4. The van der Waals surface area contributed by atoms with Crippen molar-refractivity contribution in [2.75, 3.05) is 11.4 Å². The van der Waals surface area contributed by atoms with E-state index in [2.05, 4.69) is 33.9 Å². The molecule has 1 aromatic rings. The van der Waals surface area contributed by atoms with Crippen molar-refractivity contribution in [1.82, 2.24) is 15.2 Å². The minimum absolute atomic E-state index is 0.220. The molecule has 0 radical (unpaired) electrons. The van der Waals surface area contributed by atoms with Gasteiger partial charge >= 0.3 is 0 Å². The van der Waals surface area contributed by atoms with Crippen LogP contribution in [0.4, 0.5) is 5.82 Å². The smallest absolute Gasteiger partial charge is 0.244 e. The molecule has 2 unspecified atom stereocenters. The van der Waals surface area contributed by atoms with E-state index >= 15 is 0 Å². The zero-order valence-corrected chi connectivity index (χ0v) is 9.78. The van der Waals surface area contributed by atoms with E-state index in [0.717, 1.165) is 12.4 Å². The molecule has 82 valence electrons. The fourth-order valence-corrected chi connectivity index (χ4v) is 2.20. The minimum atomic E-state index is 0.220. The van der Waals surface area contributed by atoms with Crippen LogP contribution < -0.4 is 4.90 Å². The van der Waals surface area contributed by atoms with Crippen LogP contribution in [0.15, 0.2) is 6.20 Å². The number of rotatable bonds is 1. The lowest BCUT2D eigenvalue weighted by Crippen LogP contribution is -2.43. The third-order valence-electron chi connectivity index (χ3n) is 3.19. The van der Waals surface area contributed by atoms with Crippen molar-refractivity contribution in [2.45, 2.75) is 32.7 Å². The van der Waals surface area contributed by atoms with E-state index in [1.165, 1.54) is 12.8 Å². The highest BCUT2D eigenvalue weighted by atomic mass is 35.5. The molecule has 15 heavy (non-hydrogen) atoms. The first kappa shape index (κ1) is 10.6. The topological polar surface area (TPSA) is 41.9 Å². The van der Waals surface area contributed by atoms with Gasteiger partial charge in [0.05, 0.1) is 6.20 Å². The molecule has 5 heteroatoms. The summed E-state index contributed by atoms with van der Waals surface area (Å²) in [7, 11) is 0.